The summed E-state index contributed by atoms with van der Waals surface area (Å²) in [5.74, 6) is -0.463. The molecule has 0 atom stereocenters. The first-order chi connectivity index (χ1) is 15.2. The van der Waals surface area contributed by atoms with Crippen LogP contribution in [0.4, 0.5) is 5.69 Å². The summed E-state index contributed by atoms with van der Waals surface area (Å²) >= 11 is 11.6. The van der Waals surface area contributed by atoms with Gasteiger partial charge in [-0.05, 0) is 55.0 Å². The van der Waals surface area contributed by atoms with Gasteiger partial charge in [0, 0.05) is 5.69 Å². The van der Waals surface area contributed by atoms with Crippen LogP contribution in [-0.4, -0.2) is 30.8 Å². The number of rotatable bonds is 8. The highest BCUT2D eigenvalue weighted by molar-refractivity contribution is 7.92. The molecular formula is C21H19Cl2N3O5S. The van der Waals surface area contributed by atoms with Gasteiger partial charge in [0.25, 0.3) is 15.6 Å². The average molecular weight is 496 g/mol. The Hall–Kier alpha value is -2.88. The monoisotopic (exact) mass is 495 g/mol. The molecule has 1 aromatic heterocycles. The van der Waals surface area contributed by atoms with E-state index in [2.05, 4.69) is 9.82 Å². The topological polar surface area (TPSA) is 107 Å². The summed E-state index contributed by atoms with van der Waals surface area (Å²) in [6.45, 7) is 2.33. The van der Waals surface area contributed by atoms with Crippen LogP contribution in [0.2, 0.25) is 10.0 Å². The average Bonchev–Trinajstić information content (AvgIpc) is 2.78. The number of nitrogens with one attached hydrogen (secondary N) is 1. The predicted molar refractivity (Wildman–Crippen MR) is 122 cm³/mol. The van der Waals surface area contributed by atoms with E-state index >= 15 is 0 Å². The molecule has 2 aromatic carbocycles. The number of carbonyl (C=O) groups is 1. The van der Waals surface area contributed by atoms with Gasteiger partial charge in [-0.15, -0.1) is 0 Å². The summed E-state index contributed by atoms with van der Waals surface area (Å²) < 4.78 is 33.9. The van der Waals surface area contributed by atoms with Crippen LogP contribution in [0.5, 0.6) is 0 Å². The summed E-state index contributed by atoms with van der Waals surface area (Å²) in [6.07, 6.45) is 2.91. The fourth-order valence-corrected chi connectivity index (χ4v) is 3.96. The van der Waals surface area contributed by atoms with Crippen molar-refractivity contribution in [2.75, 3.05) is 11.3 Å². The Bertz CT molecular complexity index is 1270. The maximum absolute atomic E-state index is 12.7. The molecule has 0 bridgehead atoms. The Morgan fingerprint density at radius 3 is 2.38 bits per heavy atom. The Labute approximate surface area is 194 Å². The van der Waals surface area contributed by atoms with E-state index in [9.17, 15) is 18.0 Å². The molecule has 0 fully saturated rings. The highest BCUT2D eigenvalue weighted by Crippen LogP contribution is 2.20. The summed E-state index contributed by atoms with van der Waals surface area (Å²) in [4.78, 5) is 24.1. The molecule has 8 nitrogen and oxygen atoms in total. The van der Waals surface area contributed by atoms with E-state index in [-0.39, 0.29) is 20.6 Å². The van der Waals surface area contributed by atoms with Crippen molar-refractivity contribution >= 4 is 44.9 Å². The summed E-state index contributed by atoms with van der Waals surface area (Å²) in [7, 11) is -3.91. The molecule has 168 valence electrons. The molecule has 0 spiro atoms. The number of anilines is 1. The molecule has 0 unspecified atom stereocenters. The zero-order valence-electron chi connectivity index (χ0n) is 16.9. The van der Waals surface area contributed by atoms with Crippen molar-refractivity contribution < 1.29 is 17.9 Å². The highest BCUT2D eigenvalue weighted by atomic mass is 35.5. The molecule has 0 saturated heterocycles. The van der Waals surface area contributed by atoms with E-state index in [1.807, 2.05) is 6.92 Å². The van der Waals surface area contributed by atoms with Gasteiger partial charge in [0.1, 0.15) is 5.02 Å². The van der Waals surface area contributed by atoms with Crippen LogP contribution in [0.1, 0.15) is 30.1 Å². The number of hydrogen-bond acceptors (Lipinski definition) is 6. The molecule has 0 aliphatic heterocycles. The quantitative estimate of drug-likeness (QED) is 0.368. The van der Waals surface area contributed by atoms with E-state index in [1.165, 1.54) is 54.7 Å². The second-order valence-corrected chi connectivity index (χ2v) is 9.16. The molecule has 0 aliphatic carbocycles. The van der Waals surface area contributed by atoms with Gasteiger partial charge in [0.15, 0.2) is 0 Å². The summed E-state index contributed by atoms with van der Waals surface area (Å²) in [5.41, 5.74) is 0.300. The van der Waals surface area contributed by atoms with Crippen molar-refractivity contribution in [3.63, 3.8) is 0 Å². The molecule has 1 heterocycles. The van der Waals surface area contributed by atoms with Gasteiger partial charge in [0.05, 0.1) is 34.0 Å². The third kappa shape index (κ3) is 5.48. The lowest BCUT2D eigenvalue weighted by molar-refractivity contribution is 0.0500. The van der Waals surface area contributed by atoms with Crippen molar-refractivity contribution in [1.82, 2.24) is 9.78 Å². The first-order valence-corrected chi connectivity index (χ1v) is 11.8. The van der Waals surface area contributed by atoms with Crippen LogP contribution in [0, 0.1) is 0 Å². The van der Waals surface area contributed by atoms with E-state index in [1.54, 1.807) is 0 Å². The van der Waals surface area contributed by atoms with Crippen LogP contribution < -0.4 is 10.3 Å². The van der Waals surface area contributed by atoms with Crippen LogP contribution in [0.15, 0.2) is 64.4 Å². The third-order valence-corrected chi connectivity index (χ3v) is 6.52. The Balaban J connectivity index is 1.74. The number of benzene rings is 2. The first-order valence-electron chi connectivity index (χ1n) is 9.56. The number of hydrogen-bond donors (Lipinski definition) is 1. The second kappa shape index (κ2) is 10.2. The van der Waals surface area contributed by atoms with E-state index < -0.39 is 21.6 Å². The highest BCUT2D eigenvalue weighted by Gasteiger charge is 2.16. The fraction of sp³-hybridized carbons (Fsp3) is 0.190. The molecule has 3 aromatic rings. The van der Waals surface area contributed by atoms with E-state index in [4.69, 9.17) is 27.9 Å². The number of esters is 1. The minimum absolute atomic E-state index is 0.0246. The van der Waals surface area contributed by atoms with Gasteiger partial charge in [-0.25, -0.2) is 13.2 Å². The minimum Gasteiger partial charge on any atom is -0.462 e. The number of ether oxygens (including phenoxy) is 1. The third-order valence-electron chi connectivity index (χ3n) is 4.37. The van der Waals surface area contributed by atoms with E-state index in [0.717, 1.165) is 17.5 Å². The number of sulfonamides is 1. The lowest BCUT2D eigenvalue weighted by atomic mass is 10.2. The molecule has 11 heteroatoms. The normalized spacial score (nSPS) is 11.2. The van der Waals surface area contributed by atoms with Gasteiger partial charge < -0.3 is 4.74 Å². The van der Waals surface area contributed by atoms with Gasteiger partial charge in [-0.3, -0.25) is 9.52 Å². The molecule has 0 amide bonds. The zero-order valence-corrected chi connectivity index (χ0v) is 19.2. The Morgan fingerprint density at radius 2 is 1.75 bits per heavy atom. The zero-order chi connectivity index (χ0) is 23.3. The molecule has 0 aliphatic rings. The molecule has 1 N–H and O–H groups in total. The molecule has 3 rings (SSSR count). The Morgan fingerprint density at radius 1 is 1.09 bits per heavy atom. The second-order valence-electron chi connectivity index (χ2n) is 6.69. The smallest absolute Gasteiger partial charge is 0.338 e. The number of carbonyl (C=O) groups excluding carboxylic acids is 1. The van der Waals surface area contributed by atoms with Crippen molar-refractivity contribution in [2.45, 2.75) is 24.7 Å². The maximum atomic E-state index is 12.7. The molecule has 32 heavy (non-hydrogen) atoms. The minimum atomic E-state index is -3.91. The van der Waals surface area contributed by atoms with Crippen LogP contribution in [0.3, 0.4) is 0 Å². The summed E-state index contributed by atoms with van der Waals surface area (Å²) in [6, 6.07) is 11.4. The molecule has 0 radical (unpaired) electrons. The van der Waals surface area contributed by atoms with Crippen molar-refractivity contribution in [3.8, 4) is 5.69 Å². The van der Waals surface area contributed by atoms with Crippen LogP contribution >= 0.6 is 23.2 Å². The standard InChI is InChI=1S/C21H19Cl2N3O5S/c1-2-3-12-31-21(28)14-4-6-15(7-5-14)25-32(29,30)17-10-8-16(9-11-17)26-20(27)19(23)18(22)13-24-26/h4-11,13,25H,2-3,12H2,1H3. The number of nitrogens with zero attached hydrogens (tertiary/aromatic N) is 2. The lowest BCUT2D eigenvalue weighted by Gasteiger charge is -2.10. The van der Waals surface area contributed by atoms with E-state index in [0.29, 0.717) is 17.9 Å². The van der Waals surface area contributed by atoms with Crippen LogP contribution in [-0.2, 0) is 14.8 Å². The van der Waals surface area contributed by atoms with Crippen LogP contribution in [0.25, 0.3) is 5.69 Å². The van der Waals surface area contributed by atoms with Crippen molar-refractivity contribution in [3.05, 3.63) is 80.7 Å². The summed E-state index contributed by atoms with van der Waals surface area (Å²) in [5, 5.41) is 3.74. The fourth-order valence-electron chi connectivity index (χ4n) is 2.64. The largest absolute Gasteiger partial charge is 0.462 e. The van der Waals surface area contributed by atoms with Gasteiger partial charge in [0.2, 0.25) is 0 Å². The SMILES string of the molecule is CCCCOC(=O)c1ccc(NS(=O)(=O)c2ccc(-n3ncc(Cl)c(Cl)c3=O)cc2)cc1. The number of unbranched alkanes of at least 4 members (excludes halogenated alkanes) is 1. The molecule has 0 saturated carbocycles. The number of aromatic nitrogens is 2. The Kier molecular flexibility index (Phi) is 7.55. The van der Waals surface area contributed by atoms with Gasteiger partial charge in [-0.1, -0.05) is 36.5 Å². The van der Waals surface area contributed by atoms with Gasteiger partial charge >= 0.3 is 5.97 Å². The molecular weight excluding hydrogens is 477 g/mol. The van der Waals surface area contributed by atoms with Crippen molar-refractivity contribution in [1.29, 1.82) is 0 Å². The predicted octanol–water partition coefficient (Wildman–Crippen LogP) is 4.30. The maximum Gasteiger partial charge on any atom is 0.338 e. The number of halogens is 2. The first kappa shape index (κ1) is 23.8. The van der Waals surface area contributed by atoms with Gasteiger partial charge in [-0.2, -0.15) is 9.78 Å². The lowest BCUT2D eigenvalue weighted by Crippen LogP contribution is -2.21. The van der Waals surface area contributed by atoms with Crippen molar-refractivity contribution in [2.24, 2.45) is 0 Å².